The van der Waals surface area contributed by atoms with Crippen LogP contribution in [0.1, 0.15) is 66.2 Å². The molecule has 0 aromatic rings. The molecule has 0 amide bonds. The molecule has 4 heteroatoms. The van der Waals surface area contributed by atoms with Gasteiger partial charge in [0.05, 0.1) is 6.17 Å². The molecule has 114 valence electrons. The minimum absolute atomic E-state index is 0. The highest BCUT2D eigenvalue weighted by Crippen LogP contribution is 2.22. The molecule has 0 aromatic heterocycles. The van der Waals surface area contributed by atoms with Crippen LogP contribution >= 0.6 is 0 Å². The van der Waals surface area contributed by atoms with E-state index in [0.29, 0.717) is 0 Å². The van der Waals surface area contributed by atoms with Crippen molar-refractivity contribution >= 4 is 0 Å². The Hall–Kier alpha value is -0.160. The van der Waals surface area contributed by atoms with Gasteiger partial charge in [-0.2, -0.15) is 0 Å². The summed E-state index contributed by atoms with van der Waals surface area (Å²) in [6, 6.07) is 0. The molecule has 7 N–H and O–H groups in total. The number of hydrogen-bond acceptors (Lipinski definition) is 2. The summed E-state index contributed by atoms with van der Waals surface area (Å²) < 4.78 is 0. The summed E-state index contributed by atoms with van der Waals surface area (Å²) >= 11 is 0. The van der Waals surface area contributed by atoms with Crippen molar-refractivity contribution in [3.8, 4) is 0 Å². The number of hydrogen-bond donors (Lipinski definition) is 2. The van der Waals surface area contributed by atoms with Crippen LogP contribution in [0.3, 0.4) is 0 Å². The molecule has 0 saturated heterocycles. The largest absolute Gasteiger partial charge is 0.412 e. The summed E-state index contributed by atoms with van der Waals surface area (Å²) in [4.78, 5) is 0. The molecule has 1 aliphatic rings. The van der Waals surface area contributed by atoms with Crippen molar-refractivity contribution in [3.05, 3.63) is 0 Å². The second-order valence-corrected chi connectivity index (χ2v) is 5.45. The van der Waals surface area contributed by atoms with Crippen molar-refractivity contribution in [1.29, 1.82) is 0 Å². The van der Waals surface area contributed by atoms with E-state index in [0.717, 1.165) is 18.4 Å². The highest BCUT2D eigenvalue weighted by atomic mass is 16.0. The molecule has 0 radical (unpaired) electrons. The van der Waals surface area contributed by atoms with Crippen molar-refractivity contribution in [3.63, 3.8) is 0 Å². The van der Waals surface area contributed by atoms with E-state index < -0.39 is 0 Å². The molecule has 1 aliphatic carbocycles. The van der Waals surface area contributed by atoms with Gasteiger partial charge in [-0.05, 0) is 25.3 Å². The molecule has 1 rings (SSSR count). The molecule has 18 heavy (non-hydrogen) atoms. The third-order valence-electron chi connectivity index (χ3n) is 3.38. The predicted molar refractivity (Wildman–Crippen MR) is 80.6 cm³/mol. The molecule has 1 saturated carbocycles. The van der Waals surface area contributed by atoms with E-state index in [1.54, 1.807) is 0 Å². The Morgan fingerprint density at radius 1 is 1.11 bits per heavy atom. The van der Waals surface area contributed by atoms with Crippen molar-refractivity contribution in [1.82, 2.24) is 5.32 Å². The van der Waals surface area contributed by atoms with Gasteiger partial charge in [0.15, 0.2) is 0 Å². The Bertz CT molecular complexity index is 149. The Morgan fingerprint density at radius 3 is 1.89 bits per heavy atom. The molecule has 0 bridgehead atoms. The van der Waals surface area contributed by atoms with Crippen molar-refractivity contribution in [2.45, 2.75) is 72.4 Å². The van der Waals surface area contributed by atoms with Gasteiger partial charge in [0, 0.05) is 0 Å². The van der Waals surface area contributed by atoms with Crippen LogP contribution in [0.25, 0.3) is 0 Å². The van der Waals surface area contributed by atoms with E-state index in [-0.39, 0.29) is 17.1 Å². The monoisotopic (exact) mass is 264 g/mol. The van der Waals surface area contributed by atoms with Gasteiger partial charge in [0.25, 0.3) is 0 Å². The second-order valence-electron chi connectivity index (χ2n) is 5.45. The van der Waals surface area contributed by atoms with Crippen LogP contribution in [0.2, 0.25) is 0 Å². The van der Waals surface area contributed by atoms with E-state index in [4.69, 9.17) is 5.73 Å². The van der Waals surface area contributed by atoms with Crippen molar-refractivity contribution in [2.24, 2.45) is 17.6 Å². The molecule has 0 spiro atoms. The lowest BCUT2D eigenvalue weighted by Crippen LogP contribution is -2.36. The van der Waals surface area contributed by atoms with Gasteiger partial charge >= 0.3 is 0 Å². The zero-order chi connectivity index (χ0) is 12.4. The fourth-order valence-electron chi connectivity index (χ4n) is 1.84. The molecular formula is C14H36N2O2. The predicted octanol–water partition coefficient (Wildman–Crippen LogP) is 1.86. The maximum absolute atomic E-state index is 5.48. The summed E-state index contributed by atoms with van der Waals surface area (Å²) in [5.74, 6) is 1.78. The minimum Gasteiger partial charge on any atom is -0.412 e. The number of nitrogens with two attached hydrogens (primary N) is 1. The van der Waals surface area contributed by atoms with Crippen LogP contribution in [0.5, 0.6) is 0 Å². The molecular weight excluding hydrogens is 228 g/mol. The lowest BCUT2D eigenvalue weighted by atomic mass is 9.91. The quantitative estimate of drug-likeness (QED) is 0.757. The third kappa shape index (κ3) is 15.8. The van der Waals surface area contributed by atoms with E-state index in [1.807, 2.05) is 6.92 Å². The topological polar surface area (TPSA) is 101 Å². The van der Waals surface area contributed by atoms with Gasteiger partial charge in [-0.1, -0.05) is 59.3 Å². The number of nitrogens with one attached hydrogen (secondary N) is 1. The zero-order valence-electron chi connectivity index (χ0n) is 12.8. The van der Waals surface area contributed by atoms with E-state index in [1.165, 1.54) is 38.5 Å². The molecule has 4 nitrogen and oxygen atoms in total. The van der Waals surface area contributed by atoms with Crippen molar-refractivity contribution < 1.29 is 11.0 Å². The van der Waals surface area contributed by atoms with Gasteiger partial charge in [-0.3, -0.25) is 0 Å². The first-order valence-corrected chi connectivity index (χ1v) is 7.05. The van der Waals surface area contributed by atoms with Gasteiger partial charge in [0.1, 0.15) is 0 Å². The summed E-state index contributed by atoms with van der Waals surface area (Å²) in [6.45, 7) is 9.76. The average molecular weight is 264 g/mol. The Morgan fingerprint density at radius 2 is 1.61 bits per heavy atom. The average Bonchev–Trinajstić information content (AvgIpc) is 2.27. The molecule has 0 heterocycles. The summed E-state index contributed by atoms with van der Waals surface area (Å²) in [5, 5.41) is 3.17. The van der Waals surface area contributed by atoms with Crippen LogP contribution in [0.15, 0.2) is 0 Å². The van der Waals surface area contributed by atoms with Gasteiger partial charge in [-0.25, -0.2) is 0 Å². The first-order chi connectivity index (χ1) is 7.56. The van der Waals surface area contributed by atoms with Gasteiger partial charge in [-0.15, -0.1) is 0 Å². The highest BCUT2D eigenvalue weighted by molar-refractivity contribution is 4.59. The standard InChI is InChI=1S/C7H18N2.C7H14.2H2O/c1-4-6(2)5-9-7(3)8;1-7-5-3-2-4-6-7;;/h6-7,9H,4-5,8H2,1-3H3;7H,2-6H2,1H3;2*1H2. The molecule has 2 atom stereocenters. The molecule has 2 unspecified atom stereocenters. The SMILES string of the molecule is CC1CCCCC1.CCC(C)CNC(C)N.O.O. The third-order valence-corrected chi connectivity index (χ3v) is 3.38. The molecule has 0 aromatic carbocycles. The summed E-state index contributed by atoms with van der Waals surface area (Å²) in [5.41, 5.74) is 5.48. The Labute approximate surface area is 113 Å². The lowest BCUT2D eigenvalue weighted by molar-refractivity contribution is 0.385. The van der Waals surface area contributed by atoms with Crippen LogP contribution < -0.4 is 11.1 Å². The first-order valence-electron chi connectivity index (χ1n) is 7.05. The molecule has 1 fully saturated rings. The van der Waals surface area contributed by atoms with E-state index >= 15 is 0 Å². The van der Waals surface area contributed by atoms with Crippen molar-refractivity contribution in [2.75, 3.05) is 6.54 Å². The maximum Gasteiger partial charge on any atom is 0.0517 e. The highest BCUT2D eigenvalue weighted by Gasteiger charge is 2.05. The smallest absolute Gasteiger partial charge is 0.0517 e. The second kappa shape index (κ2) is 14.9. The number of rotatable bonds is 4. The summed E-state index contributed by atoms with van der Waals surface area (Å²) in [7, 11) is 0. The van der Waals surface area contributed by atoms with Crippen LogP contribution in [0, 0.1) is 11.8 Å². The fourth-order valence-corrected chi connectivity index (χ4v) is 1.84. The van der Waals surface area contributed by atoms with Crippen LogP contribution in [0.4, 0.5) is 0 Å². The first kappa shape index (κ1) is 23.0. The summed E-state index contributed by atoms with van der Waals surface area (Å²) in [6.07, 6.45) is 8.80. The fraction of sp³-hybridized carbons (Fsp3) is 1.00. The normalized spacial score (nSPS) is 18.5. The maximum atomic E-state index is 5.48. The zero-order valence-corrected chi connectivity index (χ0v) is 12.8. The van der Waals surface area contributed by atoms with Gasteiger partial charge in [0.2, 0.25) is 0 Å². The van der Waals surface area contributed by atoms with Crippen LogP contribution in [-0.4, -0.2) is 23.7 Å². The van der Waals surface area contributed by atoms with Gasteiger partial charge < -0.3 is 22.0 Å². The minimum atomic E-state index is 0. The molecule has 0 aliphatic heterocycles. The van der Waals surface area contributed by atoms with E-state index in [2.05, 4.69) is 26.1 Å². The van der Waals surface area contributed by atoms with Crippen LogP contribution in [-0.2, 0) is 0 Å². The lowest BCUT2D eigenvalue weighted by Gasteiger charge is -2.15. The Balaban J connectivity index is -0.000000229. The van der Waals surface area contributed by atoms with E-state index in [9.17, 15) is 0 Å². The Kier molecular flexibility index (Phi) is 19.0.